The monoisotopic (exact) mass is 450 g/mol. The van der Waals surface area contributed by atoms with Gasteiger partial charge in [-0.2, -0.15) is 0 Å². The summed E-state index contributed by atoms with van der Waals surface area (Å²) in [5.41, 5.74) is 14.3. The Hall–Kier alpha value is -3.43. The van der Waals surface area contributed by atoms with E-state index in [1.807, 2.05) is 48.5 Å². The zero-order valence-electron chi connectivity index (χ0n) is 17.8. The molecule has 8 nitrogen and oxygen atoms in total. The molecule has 32 heavy (non-hydrogen) atoms. The number of amides is 2. The van der Waals surface area contributed by atoms with E-state index in [-0.39, 0.29) is 11.8 Å². The number of nitrogens with two attached hydrogens (primary N) is 2. The van der Waals surface area contributed by atoms with Crippen LogP contribution < -0.4 is 27.0 Å². The molecule has 1 aliphatic heterocycles. The summed E-state index contributed by atoms with van der Waals surface area (Å²) in [5, 5.41) is 8.56. The molecule has 4 rings (SSSR count). The molecule has 1 fully saturated rings. The van der Waals surface area contributed by atoms with Gasteiger partial charge in [-0.25, -0.2) is 4.98 Å². The first kappa shape index (κ1) is 21.8. The normalized spacial score (nSPS) is 15.3. The number of piperidine rings is 1. The first-order valence-corrected chi connectivity index (χ1v) is 11.3. The molecule has 3 aromatic rings. The number of nitrogens with one attached hydrogen (secondary N) is 2. The van der Waals surface area contributed by atoms with Gasteiger partial charge in [0.05, 0.1) is 11.4 Å². The Morgan fingerprint density at radius 3 is 2.56 bits per heavy atom. The Kier molecular flexibility index (Phi) is 6.11. The molecule has 1 aliphatic rings. The lowest BCUT2D eigenvalue weighted by Gasteiger charge is -2.41. The lowest BCUT2D eigenvalue weighted by Crippen LogP contribution is -2.59. The van der Waals surface area contributed by atoms with Gasteiger partial charge in [0.1, 0.15) is 16.2 Å². The number of hydrogen-bond acceptors (Lipinski definition) is 7. The molecule has 9 heteroatoms. The van der Waals surface area contributed by atoms with E-state index in [0.717, 1.165) is 16.3 Å². The molecule has 2 amide bonds. The van der Waals surface area contributed by atoms with Gasteiger partial charge >= 0.3 is 0 Å². The summed E-state index contributed by atoms with van der Waals surface area (Å²) in [6.45, 7) is 1.29. The summed E-state index contributed by atoms with van der Waals surface area (Å²) in [4.78, 5) is 31.5. The number of hydrogen-bond donors (Lipinski definition) is 4. The van der Waals surface area contributed by atoms with Gasteiger partial charge < -0.3 is 27.0 Å². The van der Waals surface area contributed by atoms with Crippen LogP contribution in [-0.2, 0) is 4.79 Å². The van der Waals surface area contributed by atoms with Crippen LogP contribution in [0.25, 0.3) is 10.6 Å². The number of aromatic nitrogens is 1. The van der Waals surface area contributed by atoms with Gasteiger partial charge in [-0.1, -0.05) is 24.3 Å². The van der Waals surface area contributed by atoms with Crippen molar-refractivity contribution in [3.05, 3.63) is 59.6 Å². The number of carbonyl (C=O) groups excluding carboxylic acids is 2. The third-order valence-corrected chi connectivity index (χ3v) is 6.82. The second-order valence-corrected chi connectivity index (χ2v) is 8.68. The van der Waals surface area contributed by atoms with Crippen molar-refractivity contribution in [2.24, 2.45) is 5.73 Å². The van der Waals surface area contributed by atoms with E-state index in [1.165, 1.54) is 11.3 Å². The van der Waals surface area contributed by atoms with Crippen LogP contribution in [0, 0.1) is 0 Å². The maximum atomic E-state index is 12.9. The summed E-state index contributed by atoms with van der Waals surface area (Å²) < 4.78 is 0. The van der Waals surface area contributed by atoms with Crippen molar-refractivity contribution in [1.29, 1.82) is 0 Å². The number of benzene rings is 2. The van der Waals surface area contributed by atoms with Crippen molar-refractivity contribution in [3.8, 4) is 10.6 Å². The van der Waals surface area contributed by atoms with Crippen LogP contribution in [0.2, 0.25) is 0 Å². The molecular weight excluding hydrogens is 424 g/mol. The van der Waals surface area contributed by atoms with Crippen molar-refractivity contribution >= 4 is 40.2 Å². The van der Waals surface area contributed by atoms with Crippen molar-refractivity contribution in [1.82, 2.24) is 10.3 Å². The highest BCUT2D eigenvalue weighted by Crippen LogP contribution is 2.32. The fourth-order valence-electron chi connectivity index (χ4n) is 3.97. The van der Waals surface area contributed by atoms with Crippen molar-refractivity contribution in [2.45, 2.75) is 18.4 Å². The minimum atomic E-state index is -0.688. The molecule has 0 aliphatic carbocycles. The topological polar surface area (TPSA) is 126 Å². The molecule has 0 radical (unpaired) electrons. The summed E-state index contributed by atoms with van der Waals surface area (Å²) >= 11 is 1.40. The predicted molar refractivity (Wildman–Crippen MR) is 129 cm³/mol. The lowest BCUT2D eigenvalue weighted by molar-refractivity contribution is -0.125. The summed E-state index contributed by atoms with van der Waals surface area (Å²) in [5.74, 6) is -0.608. The fourth-order valence-corrected chi connectivity index (χ4v) is 4.77. The molecule has 2 heterocycles. The highest BCUT2D eigenvalue weighted by Gasteiger charge is 2.38. The van der Waals surface area contributed by atoms with E-state index in [9.17, 15) is 9.59 Å². The first-order chi connectivity index (χ1) is 15.4. The van der Waals surface area contributed by atoms with Gasteiger partial charge in [-0.15, -0.1) is 11.3 Å². The molecule has 2 aromatic carbocycles. The maximum absolute atomic E-state index is 12.9. The molecule has 0 saturated carbocycles. The molecule has 0 unspecified atom stereocenters. The number of primary amides is 1. The highest BCUT2D eigenvalue weighted by atomic mass is 32.1. The number of rotatable bonds is 6. The average molecular weight is 451 g/mol. The molecule has 1 saturated heterocycles. The van der Waals surface area contributed by atoms with E-state index >= 15 is 0 Å². The Morgan fingerprint density at radius 1 is 1.12 bits per heavy atom. The molecule has 0 atom stereocenters. The van der Waals surface area contributed by atoms with E-state index in [1.54, 1.807) is 12.4 Å². The van der Waals surface area contributed by atoms with Crippen LogP contribution in [0.15, 0.2) is 53.9 Å². The summed E-state index contributed by atoms with van der Waals surface area (Å²) in [7, 11) is 1.76. The quantitative estimate of drug-likeness (QED) is 0.428. The second-order valence-electron chi connectivity index (χ2n) is 7.82. The van der Waals surface area contributed by atoms with E-state index < -0.39 is 5.54 Å². The van der Waals surface area contributed by atoms with Crippen LogP contribution in [0.5, 0.6) is 0 Å². The lowest BCUT2D eigenvalue weighted by atomic mass is 9.86. The number of nitrogens with zero attached hydrogens (tertiary/aromatic N) is 2. The third-order valence-electron chi connectivity index (χ3n) is 5.93. The minimum absolute atomic E-state index is 0.275. The van der Waals surface area contributed by atoms with Gasteiger partial charge in [0.25, 0.3) is 5.91 Å². The number of likely N-dealkylation sites (N-methyl/N-ethyl adjacent to an activating group) is 1. The number of nitrogen functional groups attached to an aromatic ring is 1. The third kappa shape index (κ3) is 4.30. The predicted octanol–water partition coefficient (Wildman–Crippen LogP) is 2.69. The van der Waals surface area contributed by atoms with E-state index in [2.05, 4.69) is 20.5 Å². The van der Waals surface area contributed by atoms with Crippen molar-refractivity contribution < 1.29 is 9.59 Å². The van der Waals surface area contributed by atoms with Crippen molar-refractivity contribution in [2.75, 3.05) is 36.1 Å². The number of para-hydroxylation sites is 2. The Balaban J connectivity index is 1.49. The molecular formula is C23H26N6O2S. The van der Waals surface area contributed by atoms with Crippen LogP contribution >= 0.6 is 11.3 Å². The van der Waals surface area contributed by atoms with Gasteiger partial charge in [-0.3, -0.25) is 9.59 Å². The fraction of sp³-hybridized carbons (Fsp3) is 0.261. The van der Waals surface area contributed by atoms with Crippen molar-refractivity contribution in [3.63, 3.8) is 0 Å². The Labute approximate surface area is 190 Å². The van der Waals surface area contributed by atoms with Crippen LogP contribution in [0.1, 0.15) is 23.3 Å². The van der Waals surface area contributed by atoms with Crippen LogP contribution in [0.3, 0.4) is 0 Å². The number of thiazole rings is 1. The second kappa shape index (κ2) is 8.97. The van der Waals surface area contributed by atoms with E-state index in [0.29, 0.717) is 43.0 Å². The highest BCUT2D eigenvalue weighted by molar-refractivity contribution is 7.13. The van der Waals surface area contributed by atoms with Crippen LogP contribution in [0.4, 0.5) is 17.1 Å². The smallest absolute Gasteiger partial charge is 0.275 e. The minimum Gasteiger partial charge on any atom is -0.399 e. The zero-order chi connectivity index (χ0) is 22.7. The standard InChI is InChI=1S/C23H26N6O2S/c1-26-23(22(25)31)9-11-29(12-10-23)19-8-3-2-7-17(19)27-20(30)18-14-32-21(28-18)15-5-4-6-16(24)13-15/h2-8,13-14,26H,9-12,24H2,1H3,(H2,25,31)(H,27,30). The molecule has 166 valence electrons. The molecule has 0 spiro atoms. The first-order valence-electron chi connectivity index (χ1n) is 10.4. The summed E-state index contributed by atoms with van der Waals surface area (Å²) in [6, 6.07) is 15.1. The van der Waals surface area contributed by atoms with Gasteiger partial charge in [0, 0.05) is 29.7 Å². The largest absolute Gasteiger partial charge is 0.399 e. The zero-order valence-corrected chi connectivity index (χ0v) is 18.6. The summed E-state index contributed by atoms with van der Waals surface area (Å²) in [6.07, 6.45) is 1.19. The molecule has 6 N–H and O–H groups in total. The van der Waals surface area contributed by atoms with Gasteiger partial charge in [0.2, 0.25) is 5.91 Å². The number of anilines is 3. The van der Waals surface area contributed by atoms with E-state index in [4.69, 9.17) is 11.5 Å². The molecule has 0 bridgehead atoms. The van der Waals surface area contributed by atoms with Gasteiger partial charge in [-0.05, 0) is 44.2 Å². The Morgan fingerprint density at radius 2 is 1.88 bits per heavy atom. The molecule has 1 aromatic heterocycles. The SMILES string of the molecule is CNC1(C(N)=O)CCN(c2ccccc2NC(=O)c2csc(-c3cccc(N)c3)n2)CC1. The van der Waals surface area contributed by atoms with Gasteiger partial charge in [0.15, 0.2) is 0 Å². The number of carbonyl (C=O) groups is 2. The van der Waals surface area contributed by atoms with Crippen LogP contribution in [-0.4, -0.2) is 42.5 Å². The average Bonchev–Trinajstić information content (AvgIpc) is 3.30. The Bertz CT molecular complexity index is 1140. The maximum Gasteiger partial charge on any atom is 0.275 e.